The Balaban J connectivity index is 2.88. The lowest BCUT2D eigenvalue weighted by molar-refractivity contribution is 0.203. The molecule has 14 heavy (non-hydrogen) atoms. The van der Waals surface area contributed by atoms with Gasteiger partial charge in [0.1, 0.15) is 0 Å². The van der Waals surface area contributed by atoms with Crippen LogP contribution in [0.1, 0.15) is 25.3 Å². The van der Waals surface area contributed by atoms with Crippen LogP contribution in [0.15, 0.2) is 24.3 Å². The summed E-state index contributed by atoms with van der Waals surface area (Å²) in [4.78, 5) is 11.8. The number of carboxylic acid groups (broad SMARTS) is 1. The number of hydrogen-bond donors (Lipinski definition) is 1. The molecule has 0 spiro atoms. The predicted octanol–water partition coefficient (Wildman–Crippen LogP) is 2.92. The van der Waals surface area contributed by atoms with Crippen LogP contribution in [-0.2, 0) is 0 Å². The summed E-state index contributed by atoms with van der Waals surface area (Å²) in [7, 11) is 1.53. The van der Waals surface area contributed by atoms with Gasteiger partial charge in [-0.2, -0.15) is 0 Å². The van der Waals surface area contributed by atoms with Crippen LogP contribution in [0, 0.1) is 0 Å². The van der Waals surface area contributed by atoms with Crippen molar-refractivity contribution in [2.24, 2.45) is 0 Å². The molecule has 0 aromatic heterocycles. The lowest BCUT2D eigenvalue weighted by Crippen LogP contribution is -2.23. The summed E-state index contributed by atoms with van der Waals surface area (Å²) in [5.41, 5.74) is 1.91. The molecule has 76 valence electrons. The number of hydrogen-bond acceptors (Lipinski definition) is 1. The van der Waals surface area contributed by atoms with E-state index in [0.717, 1.165) is 0 Å². The van der Waals surface area contributed by atoms with E-state index in [2.05, 4.69) is 13.8 Å². The Labute approximate surface area is 84.0 Å². The zero-order valence-electron chi connectivity index (χ0n) is 8.69. The van der Waals surface area contributed by atoms with Crippen LogP contribution in [0.3, 0.4) is 0 Å². The van der Waals surface area contributed by atoms with Crippen molar-refractivity contribution in [1.82, 2.24) is 0 Å². The molecule has 3 heteroatoms. The molecule has 1 aromatic carbocycles. The number of rotatable bonds is 2. The van der Waals surface area contributed by atoms with Gasteiger partial charge in [0.05, 0.1) is 0 Å². The standard InChI is InChI=1S/C11H15NO2/c1-8(2)9-4-6-10(7-5-9)12(3)11(13)14/h4-8H,1-3H3,(H,13,14). The number of carbonyl (C=O) groups is 1. The van der Waals surface area contributed by atoms with Crippen molar-refractivity contribution < 1.29 is 9.90 Å². The summed E-state index contributed by atoms with van der Waals surface area (Å²) in [5.74, 6) is 0.471. The summed E-state index contributed by atoms with van der Waals surface area (Å²) in [5, 5.41) is 8.74. The first-order valence-electron chi connectivity index (χ1n) is 4.59. The van der Waals surface area contributed by atoms with Gasteiger partial charge in [-0.05, 0) is 23.6 Å². The van der Waals surface area contributed by atoms with Gasteiger partial charge < -0.3 is 5.11 Å². The predicted molar refractivity (Wildman–Crippen MR) is 57.0 cm³/mol. The SMILES string of the molecule is CC(C)c1ccc(N(C)C(=O)O)cc1. The van der Waals surface area contributed by atoms with Crippen LogP contribution >= 0.6 is 0 Å². The van der Waals surface area contributed by atoms with Gasteiger partial charge in [0, 0.05) is 12.7 Å². The fourth-order valence-electron chi connectivity index (χ4n) is 1.19. The Bertz CT molecular complexity index is 317. The van der Waals surface area contributed by atoms with E-state index < -0.39 is 6.09 Å². The second-order valence-corrected chi connectivity index (χ2v) is 3.59. The molecule has 1 rings (SSSR count). The molecule has 0 aliphatic rings. The Morgan fingerprint density at radius 3 is 2.14 bits per heavy atom. The van der Waals surface area contributed by atoms with E-state index in [9.17, 15) is 4.79 Å². The van der Waals surface area contributed by atoms with E-state index >= 15 is 0 Å². The van der Waals surface area contributed by atoms with Gasteiger partial charge in [-0.15, -0.1) is 0 Å². The summed E-state index contributed by atoms with van der Waals surface area (Å²) in [6.07, 6.45) is -0.942. The highest BCUT2D eigenvalue weighted by molar-refractivity contribution is 5.85. The molecule has 3 nitrogen and oxygen atoms in total. The van der Waals surface area contributed by atoms with Gasteiger partial charge in [-0.3, -0.25) is 4.90 Å². The average molecular weight is 193 g/mol. The van der Waals surface area contributed by atoms with Crippen LogP contribution in [0.5, 0.6) is 0 Å². The maximum absolute atomic E-state index is 10.6. The molecule has 0 unspecified atom stereocenters. The Morgan fingerprint density at radius 1 is 1.29 bits per heavy atom. The number of nitrogens with zero attached hydrogens (tertiary/aromatic N) is 1. The van der Waals surface area contributed by atoms with E-state index in [0.29, 0.717) is 11.6 Å². The number of benzene rings is 1. The quantitative estimate of drug-likeness (QED) is 0.784. The van der Waals surface area contributed by atoms with Crippen LogP contribution in [-0.4, -0.2) is 18.2 Å². The minimum absolute atomic E-state index is 0.471. The third-order valence-electron chi connectivity index (χ3n) is 2.23. The van der Waals surface area contributed by atoms with E-state index in [1.165, 1.54) is 17.5 Å². The zero-order valence-corrected chi connectivity index (χ0v) is 8.69. The summed E-state index contributed by atoms with van der Waals surface area (Å²) in [6, 6.07) is 7.56. The second kappa shape index (κ2) is 4.13. The molecule has 0 aliphatic heterocycles. The fourth-order valence-corrected chi connectivity index (χ4v) is 1.19. The second-order valence-electron chi connectivity index (χ2n) is 3.59. The van der Waals surface area contributed by atoms with Crippen molar-refractivity contribution in [2.75, 3.05) is 11.9 Å². The van der Waals surface area contributed by atoms with Gasteiger partial charge in [0.2, 0.25) is 0 Å². The van der Waals surface area contributed by atoms with Crippen molar-refractivity contribution in [2.45, 2.75) is 19.8 Å². The van der Waals surface area contributed by atoms with Crippen molar-refractivity contribution >= 4 is 11.8 Å². The van der Waals surface area contributed by atoms with Crippen molar-refractivity contribution in [1.29, 1.82) is 0 Å². The van der Waals surface area contributed by atoms with Crippen LogP contribution in [0.2, 0.25) is 0 Å². The number of amides is 1. The summed E-state index contributed by atoms with van der Waals surface area (Å²) < 4.78 is 0. The highest BCUT2D eigenvalue weighted by atomic mass is 16.4. The van der Waals surface area contributed by atoms with Gasteiger partial charge in [-0.1, -0.05) is 26.0 Å². The Morgan fingerprint density at radius 2 is 1.79 bits per heavy atom. The molecule has 1 amide bonds. The van der Waals surface area contributed by atoms with E-state index in [4.69, 9.17) is 5.11 Å². The highest BCUT2D eigenvalue weighted by Crippen LogP contribution is 2.19. The lowest BCUT2D eigenvalue weighted by Gasteiger charge is -2.14. The van der Waals surface area contributed by atoms with Gasteiger partial charge in [-0.25, -0.2) is 4.79 Å². The third kappa shape index (κ3) is 2.25. The topological polar surface area (TPSA) is 40.5 Å². The maximum atomic E-state index is 10.6. The maximum Gasteiger partial charge on any atom is 0.411 e. The first kappa shape index (κ1) is 10.6. The molecule has 1 N–H and O–H groups in total. The molecule has 0 atom stereocenters. The van der Waals surface area contributed by atoms with Crippen LogP contribution < -0.4 is 4.90 Å². The van der Waals surface area contributed by atoms with Crippen molar-refractivity contribution in [3.8, 4) is 0 Å². The van der Waals surface area contributed by atoms with E-state index in [1.807, 2.05) is 24.3 Å². The van der Waals surface area contributed by atoms with Crippen LogP contribution in [0.4, 0.5) is 10.5 Å². The molecule has 0 saturated heterocycles. The van der Waals surface area contributed by atoms with Gasteiger partial charge in [0.25, 0.3) is 0 Å². The minimum atomic E-state index is -0.942. The lowest BCUT2D eigenvalue weighted by atomic mass is 10.0. The number of anilines is 1. The molecule has 0 radical (unpaired) electrons. The van der Waals surface area contributed by atoms with E-state index in [1.54, 1.807) is 0 Å². The molecule has 0 aliphatic carbocycles. The first-order valence-corrected chi connectivity index (χ1v) is 4.59. The normalized spacial score (nSPS) is 10.3. The average Bonchev–Trinajstić information content (AvgIpc) is 2.16. The van der Waals surface area contributed by atoms with Crippen molar-refractivity contribution in [3.63, 3.8) is 0 Å². The Hall–Kier alpha value is -1.51. The molecule has 0 fully saturated rings. The molecular formula is C11H15NO2. The Kier molecular flexibility index (Phi) is 3.12. The molecule has 1 aromatic rings. The monoisotopic (exact) mass is 193 g/mol. The highest BCUT2D eigenvalue weighted by Gasteiger charge is 2.07. The summed E-state index contributed by atoms with van der Waals surface area (Å²) >= 11 is 0. The summed E-state index contributed by atoms with van der Waals surface area (Å²) in [6.45, 7) is 4.21. The van der Waals surface area contributed by atoms with E-state index in [-0.39, 0.29) is 0 Å². The van der Waals surface area contributed by atoms with Crippen molar-refractivity contribution in [3.05, 3.63) is 29.8 Å². The molecular weight excluding hydrogens is 178 g/mol. The van der Waals surface area contributed by atoms with Gasteiger partial charge >= 0.3 is 6.09 Å². The first-order chi connectivity index (χ1) is 6.52. The molecule has 0 saturated carbocycles. The van der Waals surface area contributed by atoms with Gasteiger partial charge in [0.15, 0.2) is 0 Å². The zero-order chi connectivity index (χ0) is 10.7. The third-order valence-corrected chi connectivity index (χ3v) is 2.23. The fraction of sp³-hybridized carbons (Fsp3) is 0.364. The smallest absolute Gasteiger partial charge is 0.411 e. The largest absolute Gasteiger partial charge is 0.465 e. The van der Waals surface area contributed by atoms with Crippen LogP contribution in [0.25, 0.3) is 0 Å². The molecule has 0 bridgehead atoms. The minimum Gasteiger partial charge on any atom is -0.465 e. The molecule has 0 heterocycles.